The largest absolute Gasteiger partial charge is 0.481 e. The number of rotatable bonds is 4. The van der Waals surface area contributed by atoms with Gasteiger partial charge in [0.15, 0.2) is 0 Å². The highest BCUT2D eigenvalue weighted by atomic mass is 16.4. The molecule has 1 amide bonds. The first-order valence-corrected chi connectivity index (χ1v) is 7.64. The molecule has 108 valence electrons. The summed E-state index contributed by atoms with van der Waals surface area (Å²) in [6, 6.07) is 0.294. The number of carbonyl (C=O) groups excluding carboxylic acids is 1. The summed E-state index contributed by atoms with van der Waals surface area (Å²) in [5.74, 6) is -0.129. The van der Waals surface area contributed by atoms with E-state index >= 15 is 0 Å². The zero-order valence-electron chi connectivity index (χ0n) is 11.8. The second-order valence-corrected chi connectivity index (χ2v) is 6.08. The molecule has 1 aliphatic carbocycles. The van der Waals surface area contributed by atoms with Gasteiger partial charge in [0.1, 0.15) is 0 Å². The fourth-order valence-corrected chi connectivity index (χ4v) is 3.58. The van der Waals surface area contributed by atoms with Crippen molar-refractivity contribution < 1.29 is 14.7 Å². The number of carboxylic acid groups (broad SMARTS) is 1. The van der Waals surface area contributed by atoms with Crippen molar-refractivity contribution in [3.05, 3.63) is 0 Å². The Morgan fingerprint density at radius 2 is 1.95 bits per heavy atom. The van der Waals surface area contributed by atoms with Crippen LogP contribution in [0.5, 0.6) is 0 Å². The molecule has 1 saturated heterocycles. The van der Waals surface area contributed by atoms with Crippen molar-refractivity contribution in [2.75, 3.05) is 6.54 Å². The predicted molar refractivity (Wildman–Crippen MR) is 72.7 cm³/mol. The lowest BCUT2D eigenvalue weighted by Crippen LogP contribution is -2.49. The molecule has 1 atom stereocenters. The Morgan fingerprint density at radius 3 is 2.53 bits per heavy atom. The molecule has 19 heavy (non-hydrogen) atoms. The summed E-state index contributed by atoms with van der Waals surface area (Å²) >= 11 is 0. The van der Waals surface area contributed by atoms with E-state index in [4.69, 9.17) is 5.11 Å². The monoisotopic (exact) mass is 267 g/mol. The quantitative estimate of drug-likeness (QED) is 0.852. The Labute approximate surface area is 115 Å². The molecule has 1 heterocycles. The van der Waals surface area contributed by atoms with Gasteiger partial charge in [-0.15, -0.1) is 0 Å². The first-order chi connectivity index (χ1) is 9.11. The van der Waals surface area contributed by atoms with E-state index in [-0.39, 0.29) is 11.8 Å². The lowest BCUT2D eigenvalue weighted by molar-refractivity contribution is -0.149. The predicted octanol–water partition coefficient (Wildman–Crippen LogP) is 2.67. The Morgan fingerprint density at radius 1 is 1.26 bits per heavy atom. The normalized spacial score (nSPS) is 32.4. The molecule has 2 fully saturated rings. The van der Waals surface area contributed by atoms with E-state index < -0.39 is 5.97 Å². The number of aliphatic carboxylic acids is 1. The Hall–Kier alpha value is -1.06. The summed E-state index contributed by atoms with van der Waals surface area (Å²) in [6.45, 7) is 2.65. The van der Waals surface area contributed by atoms with Gasteiger partial charge in [0.05, 0.1) is 5.92 Å². The van der Waals surface area contributed by atoms with Crippen molar-refractivity contribution in [3.8, 4) is 0 Å². The molecule has 1 saturated carbocycles. The maximum Gasteiger partial charge on any atom is 0.308 e. The highest BCUT2D eigenvalue weighted by Crippen LogP contribution is 2.32. The first-order valence-electron chi connectivity index (χ1n) is 7.64. The molecule has 4 heteroatoms. The molecule has 0 aromatic heterocycles. The maximum atomic E-state index is 12.0. The number of hydrogen-bond donors (Lipinski definition) is 1. The zero-order valence-corrected chi connectivity index (χ0v) is 11.8. The minimum absolute atomic E-state index is 0.163. The number of carbonyl (C=O) groups is 2. The molecule has 1 aliphatic heterocycles. The van der Waals surface area contributed by atoms with E-state index in [0.717, 1.165) is 18.8 Å². The Bertz CT molecular complexity index is 334. The van der Waals surface area contributed by atoms with Crippen LogP contribution in [-0.4, -0.2) is 34.5 Å². The third-order valence-electron chi connectivity index (χ3n) is 4.75. The number of carboxylic acids is 1. The highest BCUT2D eigenvalue weighted by Gasteiger charge is 2.35. The van der Waals surface area contributed by atoms with Gasteiger partial charge in [-0.3, -0.25) is 9.59 Å². The molecular formula is C15H25NO3. The van der Waals surface area contributed by atoms with Crippen LogP contribution in [0.25, 0.3) is 0 Å². The van der Waals surface area contributed by atoms with E-state index in [0.29, 0.717) is 25.4 Å². The minimum atomic E-state index is -0.753. The van der Waals surface area contributed by atoms with Crippen LogP contribution in [0.4, 0.5) is 0 Å². The van der Waals surface area contributed by atoms with Crippen molar-refractivity contribution in [1.29, 1.82) is 0 Å². The molecule has 0 bridgehead atoms. The molecular weight excluding hydrogens is 242 g/mol. The fourth-order valence-electron chi connectivity index (χ4n) is 3.58. The van der Waals surface area contributed by atoms with E-state index in [1.807, 2.05) is 4.90 Å². The van der Waals surface area contributed by atoms with Crippen molar-refractivity contribution >= 4 is 11.9 Å². The van der Waals surface area contributed by atoms with Crippen LogP contribution in [0.1, 0.15) is 58.3 Å². The van der Waals surface area contributed by atoms with Crippen molar-refractivity contribution in [1.82, 2.24) is 4.90 Å². The second kappa shape index (κ2) is 6.40. The SMILES string of the molecule is CCCC1CCC(N2CC(C(=O)O)CCC2=O)CC1. The first kappa shape index (κ1) is 14.4. The van der Waals surface area contributed by atoms with Crippen LogP contribution < -0.4 is 0 Å². The van der Waals surface area contributed by atoms with E-state index in [9.17, 15) is 9.59 Å². The number of likely N-dealkylation sites (tertiary alicyclic amines) is 1. The van der Waals surface area contributed by atoms with Crippen LogP contribution in [0.15, 0.2) is 0 Å². The average molecular weight is 267 g/mol. The number of piperidine rings is 1. The highest BCUT2D eigenvalue weighted by molar-refractivity contribution is 5.80. The summed E-state index contributed by atoms with van der Waals surface area (Å²) in [5.41, 5.74) is 0. The summed E-state index contributed by atoms with van der Waals surface area (Å²) < 4.78 is 0. The third kappa shape index (κ3) is 3.48. The van der Waals surface area contributed by atoms with Crippen LogP contribution in [0.3, 0.4) is 0 Å². The molecule has 0 aromatic rings. The summed E-state index contributed by atoms with van der Waals surface area (Å²) in [6.07, 6.45) is 7.95. The smallest absolute Gasteiger partial charge is 0.308 e. The number of hydrogen-bond acceptors (Lipinski definition) is 2. The molecule has 0 aromatic carbocycles. The van der Waals surface area contributed by atoms with Crippen molar-refractivity contribution in [3.63, 3.8) is 0 Å². The second-order valence-electron chi connectivity index (χ2n) is 6.08. The van der Waals surface area contributed by atoms with Crippen LogP contribution in [0, 0.1) is 11.8 Å². The molecule has 2 rings (SSSR count). The third-order valence-corrected chi connectivity index (χ3v) is 4.75. The van der Waals surface area contributed by atoms with Gasteiger partial charge in [-0.2, -0.15) is 0 Å². The van der Waals surface area contributed by atoms with Crippen LogP contribution in [0.2, 0.25) is 0 Å². The standard InChI is InChI=1S/C15H25NO3/c1-2-3-11-4-7-13(8-5-11)16-10-12(15(18)19)6-9-14(16)17/h11-13H,2-10H2,1H3,(H,18,19). The molecule has 0 spiro atoms. The minimum Gasteiger partial charge on any atom is -0.481 e. The summed E-state index contributed by atoms with van der Waals surface area (Å²) in [4.78, 5) is 25.0. The van der Waals surface area contributed by atoms with Gasteiger partial charge in [0.2, 0.25) is 5.91 Å². The Kier molecular flexibility index (Phi) is 4.83. The topological polar surface area (TPSA) is 57.6 Å². The van der Waals surface area contributed by atoms with E-state index in [1.165, 1.54) is 25.7 Å². The molecule has 0 radical (unpaired) electrons. The van der Waals surface area contributed by atoms with Crippen LogP contribution >= 0.6 is 0 Å². The number of amides is 1. The lowest BCUT2D eigenvalue weighted by Gasteiger charge is -2.40. The van der Waals surface area contributed by atoms with Gasteiger partial charge < -0.3 is 10.0 Å². The molecule has 4 nitrogen and oxygen atoms in total. The van der Waals surface area contributed by atoms with Gasteiger partial charge in [-0.05, 0) is 38.0 Å². The van der Waals surface area contributed by atoms with Crippen molar-refractivity contribution in [2.24, 2.45) is 11.8 Å². The molecule has 1 unspecified atom stereocenters. The fraction of sp³-hybridized carbons (Fsp3) is 0.867. The van der Waals surface area contributed by atoms with Crippen molar-refractivity contribution in [2.45, 2.75) is 64.3 Å². The van der Waals surface area contributed by atoms with Gasteiger partial charge in [-0.1, -0.05) is 19.8 Å². The summed E-state index contributed by atoms with van der Waals surface area (Å²) in [5, 5.41) is 9.11. The summed E-state index contributed by atoms with van der Waals surface area (Å²) in [7, 11) is 0. The zero-order chi connectivity index (χ0) is 13.8. The maximum absolute atomic E-state index is 12.0. The lowest BCUT2D eigenvalue weighted by atomic mass is 9.82. The van der Waals surface area contributed by atoms with Gasteiger partial charge in [0.25, 0.3) is 0 Å². The van der Waals surface area contributed by atoms with Crippen LogP contribution in [-0.2, 0) is 9.59 Å². The van der Waals surface area contributed by atoms with Gasteiger partial charge in [-0.25, -0.2) is 0 Å². The van der Waals surface area contributed by atoms with Gasteiger partial charge in [0, 0.05) is 19.0 Å². The Balaban J connectivity index is 1.90. The van der Waals surface area contributed by atoms with E-state index in [2.05, 4.69) is 6.92 Å². The average Bonchev–Trinajstić information content (AvgIpc) is 2.40. The van der Waals surface area contributed by atoms with E-state index in [1.54, 1.807) is 0 Å². The molecule has 1 N–H and O–H groups in total. The number of nitrogens with zero attached hydrogens (tertiary/aromatic N) is 1. The molecule has 2 aliphatic rings. The van der Waals surface area contributed by atoms with Gasteiger partial charge >= 0.3 is 5.97 Å².